The second-order valence-electron chi connectivity index (χ2n) is 7.23. The van der Waals surface area contributed by atoms with E-state index in [2.05, 4.69) is 4.99 Å². The molecule has 0 fully saturated rings. The van der Waals surface area contributed by atoms with Gasteiger partial charge in [-0.2, -0.15) is 13.2 Å². The molecular formula is C23H20ClF3N2S. The molecule has 0 aliphatic carbocycles. The van der Waals surface area contributed by atoms with E-state index in [9.17, 15) is 13.2 Å². The number of halogens is 4. The van der Waals surface area contributed by atoms with E-state index in [0.29, 0.717) is 28.4 Å². The standard InChI is InChI=1S/C23H20ClF3N2S/c1-15-13-19-14-28-22(23(25,26)27)29(21(19)30-15)12-2-3-16-4-6-17(7-5-16)18-8-10-20(24)11-9-18/h4-11,13-14,22H,2-3,12H2,1H3/i14D. The predicted octanol–water partition coefficient (Wildman–Crippen LogP) is 7.14. The third-order valence-corrected chi connectivity index (χ3v) is 6.33. The van der Waals surface area contributed by atoms with Gasteiger partial charge < -0.3 is 4.90 Å². The molecule has 1 atom stereocenters. The topological polar surface area (TPSA) is 15.6 Å². The van der Waals surface area contributed by atoms with Gasteiger partial charge in [0.05, 0.1) is 1.37 Å². The van der Waals surface area contributed by atoms with E-state index in [-0.39, 0.29) is 12.7 Å². The van der Waals surface area contributed by atoms with Crippen LogP contribution in [0.4, 0.5) is 18.2 Å². The summed E-state index contributed by atoms with van der Waals surface area (Å²) in [5.41, 5.74) is 3.66. The number of hydrogen-bond donors (Lipinski definition) is 0. The Morgan fingerprint density at radius 1 is 1.10 bits per heavy atom. The number of nitrogens with zero attached hydrogens (tertiary/aromatic N) is 2. The molecule has 0 saturated carbocycles. The Labute approximate surface area is 184 Å². The smallest absolute Gasteiger partial charge is 0.334 e. The van der Waals surface area contributed by atoms with Crippen molar-refractivity contribution in [3.05, 3.63) is 75.6 Å². The Morgan fingerprint density at radius 3 is 2.37 bits per heavy atom. The highest BCUT2D eigenvalue weighted by molar-refractivity contribution is 7.16. The fourth-order valence-electron chi connectivity index (χ4n) is 3.54. The molecule has 0 radical (unpaired) electrons. The Hall–Kier alpha value is -2.31. The molecule has 4 rings (SSSR count). The van der Waals surface area contributed by atoms with Crippen LogP contribution in [0.25, 0.3) is 11.1 Å². The highest BCUT2D eigenvalue weighted by Gasteiger charge is 2.45. The molecule has 2 nitrogen and oxygen atoms in total. The number of fused-ring (bicyclic) bond motifs is 1. The third-order valence-electron chi connectivity index (χ3n) is 4.99. The van der Waals surface area contributed by atoms with E-state index in [1.54, 1.807) is 6.07 Å². The number of anilines is 1. The van der Waals surface area contributed by atoms with Crippen LogP contribution in [0.2, 0.25) is 5.02 Å². The first-order valence-electron chi connectivity index (χ1n) is 10.1. The Bertz CT molecular complexity index is 1090. The average Bonchev–Trinajstić information content (AvgIpc) is 3.12. The fourth-order valence-corrected chi connectivity index (χ4v) is 4.67. The molecule has 1 unspecified atom stereocenters. The van der Waals surface area contributed by atoms with Crippen LogP contribution in [-0.4, -0.2) is 25.1 Å². The minimum Gasteiger partial charge on any atom is -0.334 e. The van der Waals surface area contributed by atoms with Gasteiger partial charge in [-0.1, -0.05) is 48.0 Å². The summed E-state index contributed by atoms with van der Waals surface area (Å²) in [6.07, 6.45) is -5.62. The van der Waals surface area contributed by atoms with Crippen LogP contribution in [-0.2, 0) is 6.42 Å². The van der Waals surface area contributed by atoms with E-state index in [1.165, 1.54) is 16.2 Å². The Morgan fingerprint density at radius 2 is 1.73 bits per heavy atom. The molecule has 0 amide bonds. The second kappa shape index (κ2) is 8.44. The lowest BCUT2D eigenvalue weighted by Gasteiger charge is -2.34. The van der Waals surface area contributed by atoms with Crippen LogP contribution in [0, 0.1) is 6.92 Å². The zero-order valence-electron chi connectivity index (χ0n) is 17.2. The lowest BCUT2D eigenvalue weighted by atomic mass is 10.0. The SMILES string of the molecule is [2H]C1=NC(C(F)(F)F)N(CCCc2ccc(-c3ccc(Cl)cc3)cc2)c2sc(C)cc21. The summed E-state index contributed by atoms with van der Waals surface area (Å²) in [6.45, 7) is 2.05. The van der Waals surface area contributed by atoms with E-state index < -0.39 is 12.3 Å². The van der Waals surface area contributed by atoms with Gasteiger partial charge in [-0.3, -0.25) is 4.99 Å². The van der Waals surface area contributed by atoms with Crippen LogP contribution in [0.15, 0.2) is 59.6 Å². The van der Waals surface area contributed by atoms with Crippen LogP contribution < -0.4 is 4.90 Å². The van der Waals surface area contributed by atoms with Crippen molar-refractivity contribution in [3.63, 3.8) is 0 Å². The molecule has 7 heteroatoms. The Balaban J connectivity index is 1.46. The molecule has 0 spiro atoms. The monoisotopic (exact) mass is 449 g/mol. The van der Waals surface area contributed by atoms with Gasteiger partial charge in [0.1, 0.15) is 5.00 Å². The van der Waals surface area contributed by atoms with Crippen molar-refractivity contribution in [2.45, 2.75) is 32.1 Å². The highest BCUT2D eigenvalue weighted by atomic mass is 35.5. The van der Waals surface area contributed by atoms with Gasteiger partial charge >= 0.3 is 6.18 Å². The highest BCUT2D eigenvalue weighted by Crippen LogP contribution is 2.39. The average molecular weight is 450 g/mol. The van der Waals surface area contributed by atoms with Crippen molar-refractivity contribution in [1.29, 1.82) is 0 Å². The van der Waals surface area contributed by atoms with Crippen molar-refractivity contribution in [3.8, 4) is 11.1 Å². The summed E-state index contributed by atoms with van der Waals surface area (Å²) in [7, 11) is 0. The van der Waals surface area contributed by atoms with E-state index in [0.717, 1.165) is 21.6 Å². The van der Waals surface area contributed by atoms with Crippen molar-refractivity contribution < 1.29 is 14.5 Å². The van der Waals surface area contributed by atoms with Crippen LogP contribution in [0.5, 0.6) is 0 Å². The zero-order valence-corrected chi connectivity index (χ0v) is 17.8. The van der Waals surface area contributed by atoms with Gasteiger partial charge in [0.15, 0.2) is 0 Å². The molecule has 30 heavy (non-hydrogen) atoms. The van der Waals surface area contributed by atoms with Crippen LogP contribution >= 0.6 is 22.9 Å². The van der Waals surface area contributed by atoms with Crippen LogP contribution in [0.3, 0.4) is 0 Å². The first-order valence-corrected chi connectivity index (χ1v) is 10.8. The maximum Gasteiger partial charge on any atom is 0.429 e. The van der Waals surface area contributed by atoms with E-state index >= 15 is 0 Å². The van der Waals surface area contributed by atoms with Gasteiger partial charge in [-0.15, -0.1) is 11.3 Å². The summed E-state index contributed by atoms with van der Waals surface area (Å²) >= 11 is 7.22. The molecular weight excluding hydrogens is 429 g/mol. The molecule has 1 aliphatic rings. The van der Waals surface area contributed by atoms with Crippen molar-refractivity contribution in [2.24, 2.45) is 4.99 Å². The summed E-state index contributed by atoms with van der Waals surface area (Å²) in [5.74, 6) is 0. The lowest BCUT2D eigenvalue weighted by Crippen LogP contribution is -2.46. The van der Waals surface area contributed by atoms with Gasteiger partial charge in [-0.05, 0) is 54.7 Å². The quantitative estimate of drug-likeness (QED) is 0.404. The maximum atomic E-state index is 13.6. The normalized spacial score (nSPS) is 16.8. The molecule has 3 aromatic rings. The second-order valence-corrected chi connectivity index (χ2v) is 8.90. The number of aliphatic imine (C=N–C) groups is 1. The van der Waals surface area contributed by atoms with Gasteiger partial charge in [0, 0.05) is 28.2 Å². The summed E-state index contributed by atoms with van der Waals surface area (Å²) in [4.78, 5) is 5.82. The summed E-state index contributed by atoms with van der Waals surface area (Å²) in [5, 5.41) is 1.17. The maximum absolute atomic E-state index is 13.6. The summed E-state index contributed by atoms with van der Waals surface area (Å²) < 4.78 is 48.7. The third kappa shape index (κ3) is 4.55. The van der Waals surface area contributed by atoms with Gasteiger partial charge in [0.2, 0.25) is 6.17 Å². The number of rotatable bonds is 5. The molecule has 2 aromatic carbocycles. The minimum absolute atomic E-state index is 0.215. The predicted molar refractivity (Wildman–Crippen MR) is 119 cm³/mol. The van der Waals surface area contributed by atoms with E-state index in [4.69, 9.17) is 13.0 Å². The molecule has 0 saturated heterocycles. The number of alkyl halides is 3. The number of aryl methyl sites for hydroxylation is 2. The first kappa shape index (κ1) is 19.6. The lowest BCUT2D eigenvalue weighted by molar-refractivity contribution is -0.146. The fraction of sp³-hybridized carbons (Fsp3) is 0.261. The largest absolute Gasteiger partial charge is 0.429 e. The first-order chi connectivity index (χ1) is 14.7. The minimum atomic E-state index is -4.53. The van der Waals surface area contributed by atoms with Gasteiger partial charge in [0.25, 0.3) is 0 Å². The number of thiophene rings is 1. The van der Waals surface area contributed by atoms with Crippen molar-refractivity contribution >= 4 is 34.1 Å². The molecule has 1 aromatic heterocycles. The summed E-state index contributed by atoms with van der Waals surface area (Å²) in [6, 6.07) is 17.3. The number of hydrogen-bond acceptors (Lipinski definition) is 3. The van der Waals surface area contributed by atoms with Crippen LogP contribution in [0.1, 0.15) is 23.8 Å². The van der Waals surface area contributed by atoms with Crippen molar-refractivity contribution in [1.82, 2.24) is 0 Å². The van der Waals surface area contributed by atoms with E-state index in [1.807, 2.05) is 55.5 Å². The molecule has 156 valence electrons. The van der Waals surface area contributed by atoms with Gasteiger partial charge in [-0.25, -0.2) is 0 Å². The zero-order chi connectivity index (χ0) is 22.2. The van der Waals surface area contributed by atoms with Crippen molar-refractivity contribution in [2.75, 3.05) is 11.4 Å². The molecule has 2 heterocycles. The molecule has 0 bridgehead atoms. The molecule has 1 aliphatic heterocycles. The molecule has 0 N–H and O–H groups in total. The number of benzene rings is 2. The Kier molecular flexibility index (Phi) is 5.52.